The van der Waals surface area contributed by atoms with Gasteiger partial charge in [-0.25, -0.2) is 0 Å². The molecule has 3 rings (SSSR count). The maximum absolute atomic E-state index is 5.97. The number of rotatable bonds is 1. The van der Waals surface area contributed by atoms with Gasteiger partial charge in [0.05, 0.1) is 6.61 Å². The number of aryl methyl sites for hydroxylation is 1. The first kappa shape index (κ1) is 11.1. The molecule has 1 heterocycles. The summed E-state index contributed by atoms with van der Waals surface area (Å²) in [5, 5.41) is 0. The zero-order chi connectivity index (χ0) is 12.5. The summed E-state index contributed by atoms with van der Waals surface area (Å²) >= 11 is 0. The minimum atomic E-state index is 0.837. The number of anilines is 1. The van der Waals surface area contributed by atoms with Gasteiger partial charge in [-0.2, -0.15) is 0 Å². The molecule has 92 valence electrons. The molecule has 18 heavy (non-hydrogen) atoms. The highest BCUT2D eigenvalue weighted by atomic mass is 16.5. The van der Waals surface area contributed by atoms with Crippen LogP contribution >= 0.6 is 0 Å². The minimum Gasteiger partial charge on any atom is -0.493 e. The summed E-state index contributed by atoms with van der Waals surface area (Å²) in [6, 6.07) is 12.5. The number of fused-ring (bicyclic) bond motifs is 1. The van der Waals surface area contributed by atoms with Gasteiger partial charge < -0.3 is 10.5 Å². The summed E-state index contributed by atoms with van der Waals surface area (Å²) in [6.45, 7) is 2.91. The van der Waals surface area contributed by atoms with E-state index >= 15 is 0 Å². The van der Waals surface area contributed by atoms with Crippen LogP contribution in [0.1, 0.15) is 17.5 Å². The highest BCUT2D eigenvalue weighted by Crippen LogP contribution is 2.32. The molecule has 2 heteroatoms. The van der Waals surface area contributed by atoms with Crippen LogP contribution in [0, 0.1) is 6.92 Å². The highest BCUT2D eigenvalue weighted by molar-refractivity contribution is 5.73. The molecule has 0 saturated carbocycles. The van der Waals surface area contributed by atoms with E-state index in [0.717, 1.165) is 36.4 Å². The standard InChI is InChI=1S/C16H17NO/c1-11-14(5-2-6-15(11)17)12-7-8-16-13(10-12)4-3-9-18-16/h2,5-8,10H,3-4,9,17H2,1H3. The Balaban J connectivity index is 2.09. The molecule has 0 bridgehead atoms. The zero-order valence-electron chi connectivity index (χ0n) is 10.6. The van der Waals surface area contributed by atoms with Crippen LogP contribution in [0.3, 0.4) is 0 Å². The first-order valence-corrected chi connectivity index (χ1v) is 6.37. The minimum absolute atomic E-state index is 0.837. The summed E-state index contributed by atoms with van der Waals surface area (Å²) < 4.78 is 5.64. The quantitative estimate of drug-likeness (QED) is 0.772. The summed E-state index contributed by atoms with van der Waals surface area (Å²) in [5.74, 6) is 1.03. The molecule has 0 spiro atoms. The van der Waals surface area contributed by atoms with Gasteiger partial charge in [0.1, 0.15) is 5.75 Å². The van der Waals surface area contributed by atoms with Crippen LogP contribution in [0.2, 0.25) is 0 Å². The number of hydrogen-bond acceptors (Lipinski definition) is 2. The molecule has 2 N–H and O–H groups in total. The van der Waals surface area contributed by atoms with Gasteiger partial charge in [0.15, 0.2) is 0 Å². The molecule has 0 aromatic heterocycles. The van der Waals surface area contributed by atoms with Crippen molar-refractivity contribution in [2.75, 3.05) is 12.3 Å². The Kier molecular flexibility index (Phi) is 2.71. The van der Waals surface area contributed by atoms with Crippen LogP contribution in [-0.4, -0.2) is 6.61 Å². The Morgan fingerprint density at radius 3 is 2.94 bits per heavy atom. The second-order valence-corrected chi connectivity index (χ2v) is 4.79. The highest BCUT2D eigenvalue weighted by Gasteiger charge is 2.12. The second-order valence-electron chi connectivity index (χ2n) is 4.79. The van der Waals surface area contributed by atoms with E-state index in [1.807, 2.05) is 12.1 Å². The first-order valence-electron chi connectivity index (χ1n) is 6.37. The molecular weight excluding hydrogens is 222 g/mol. The van der Waals surface area contributed by atoms with Crippen LogP contribution in [0.25, 0.3) is 11.1 Å². The van der Waals surface area contributed by atoms with Crippen LogP contribution in [0.15, 0.2) is 36.4 Å². The van der Waals surface area contributed by atoms with Crippen molar-refractivity contribution in [3.05, 3.63) is 47.5 Å². The van der Waals surface area contributed by atoms with E-state index < -0.39 is 0 Å². The number of nitrogens with two attached hydrogens (primary N) is 1. The molecule has 1 aliphatic rings. The van der Waals surface area contributed by atoms with Crippen LogP contribution in [0.5, 0.6) is 5.75 Å². The Bertz CT molecular complexity index is 590. The van der Waals surface area contributed by atoms with Gasteiger partial charge in [-0.3, -0.25) is 0 Å². The van der Waals surface area contributed by atoms with Crippen molar-refractivity contribution in [1.82, 2.24) is 0 Å². The Labute approximate surface area is 107 Å². The monoisotopic (exact) mass is 239 g/mol. The zero-order valence-corrected chi connectivity index (χ0v) is 10.6. The normalized spacial score (nSPS) is 13.8. The molecule has 0 fully saturated rings. The predicted molar refractivity (Wildman–Crippen MR) is 74.8 cm³/mol. The van der Waals surface area contributed by atoms with Gasteiger partial charge in [-0.15, -0.1) is 0 Å². The number of benzene rings is 2. The SMILES string of the molecule is Cc1c(N)cccc1-c1ccc2c(c1)CCCO2. The van der Waals surface area contributed by atoms with Crippen molar-refractivity contribution in [1.29, 1.82) is 0 Å². The van der Waals surface area contributed by atoms with E-state index in [0.29, 0.717) is 0 Å². The van der Waals surface area contributed by atoms with E-state index in [1.54, 1.807) is 0 Å². The molecule has 2 aromatic carbocycles. The Hall–Kier alpha value is -1.96. The lowest BCUT2D eigenvalue weighted by Crippen LogP contribution is -2.08. The lowest BCUT2D eigenvalue weighted by Gasteiger charge is -2.18. The van der Waals surface area contributed by atoms with Gasteiger partial charge in [-0.05, 0) is 60.2 Å². The Morgan fingerprint density at radius 2 is 2.06 bits per heavy atom. The molecular formula is C16H17NO. The smallest absolute Gasteiger partial charge is 0.122 e. The van der Waals surface area contributed by atoms with Crippen molar-refractivity contribution in [2.45, 2.75) is 19.8 Å². The van der Waals surface area contributed by atoms with Crippen LogP contribution in [0.4, 0.5) is 5.69 Å². The van der Waals surface area contributed by atoms with E-state index in [9.17, 15) is 0 Å². The fourth-order valence-electron chi connectivity index (χ4n) is 2.49. The lowest BCUT2D eigenvalue weighted by atomic mass is 9.95. The van der Waals surface area contributed by atoms with Crippen LogP contribution < -0.4 is 10.5 Å². The number of ether oxygens (including phenoxy) is 1. The molecule has 0 saturated heterocycles. The largest absolute Gasteiger partial charge is 0.493 e. The molecule has 2 aromatic rings. The molecule has 1 aliphatic heterocycles. The average Bonchev–Trinajstić information content (AvgIpc) is 2.41. The summed E-state index contributed by atoms with van der Waals surface area (Å²) in [4.78, 5) is 0. The maximum atomic E-state index is 5.97. The van der Waals surface area contributed by atoms with Crippen LogP contribution in [-0.2, 0) is 6.42 Å². The number of hydrogen-bond donors (Lipinski definition) is 1. The van der Waals surface area contributed by atoms with Gasteiger partial charge in [-0.1, -0.05) is 18.2 Å². The van der Waals surface area contributed by atoms with E-state index in [-0.39, 0.29) is 0 Å². The summed E-state index contributed by atoms with van der Waals surface area (Å²) in [6.07, 6.45) is 2.21. The maximum Gasteiger partial charge on any atom is 0.122 e. The van der Waals surface area contributed by atoms with Crippen molar-refractivity contribution in [2.24, 2.45) is 0 Å². The van der Waals surface area contributed by atoms with Gasteiger partial charge in [0.2, 0.25) is 0 Å². The van der Waals surface area contributed by atoms with Gasteiger partial charge >= 0.3 is 0 Å². The molecule has 0 unspecified atom stereocenters. The van der Waals surface area contributed by atoms with Crippen molar-refractivity contribution in [3.63, 3.8) is 0 Å². The van der Waals surface area contributed by atoms with E-state index in [1.165, 1.54) is 16.7 Å². The Morgan fingerprint density at radius 1 is 1.17 bits per heavy atom. The second kappa shape index (κ2) is 4.37. The van der Waals surface area contributed by atoms with Gasteiger partial charge in [0.25, 0.3) is 0 Å². The summed E-state index contributed by atoms with van der Waals surface area (Å²) in [5.41, 5.74) is 11.7. The molecule has 0 radical (unpaired) electrons. The topological polar surface area (TPSA) is 35.2 Å². The third-order valence-electron chi connectivity index (χ3n) is 3.60. The predicted octanol–water partition coefficient (Wildman–Crippen LogP) is 3.57. The third-order valence-corrected chi connectivity index (χ3v) is 3.60. The van der Waals surface area contributed by atoms with Crippen molar-refractivity contribution >= 4 is 5.69 Å². The molecule has 0 atom stereocenters. The fraction of sp³-hybridized carbons (Fsp3) is 0.250. The third kappa shape index (κ3) is 1.84. The van der Waals surface area contributed by atoms with E-state index in [4.69, 9.17) is 10.5 Å². The van der Waals surface area contributed by atoms with E-state index in [2.05, 4.69) is 31.2 Å². The molecule has 2 nitrogen and oxygen atoms in total. The summed E-state index contributed by atoms with van der Waals surface area (Å²) in [7, 11) is 0. The van der Waals surface area contributed by atoms with Crippen molar-refractivity contribution < 1.29 is 4.74 Å². The van der Waals surface area contributed by atoms with Gasteiger partial charge in [0, 0.05) is 5.69 Å². The fourth-order valence-corrected chi connectivity index (χ4v) is 2.49. The first-order chi connectivity index (χ1) is 8.75. The number of nitrogen functional groups attached to an aromatic ring is 1. The molecule has 0 aliphatic carbocycles. The lowest BCUT2D eigenvalue weighted by molar-refractivity contribution is 0.288. The van der Waals surface area contributed by atoms with Crippen molar-refractivity contribution in [3.8, 4) is 16.9 Å². The molecule has 0 amide bonds. The average molecular weight is 239 g/mol.